The molecule has 0 saturated heterocycles. The first-order valence-electron chi connectivity index (χ1n) is 20.4. The Morgan fingerprint density at radius 2 is 0.898 bits per heavy atom. The van der Waals surface area contributed by atoms with E-state index in [9.17, 15) is 0 Å². The average Bonchev–Trinajstić information content (AvgIpc) is 3.79. The molecule has 2 heteroatoms. The Labute approximate surface area is 350 Å². The Kier molecular flexibility index (Phi) is 8.43. The quantitative estimate of drug-likeness (QED) is 0.156. The number of benzene rings is 9. The number of anilines is 3. The second-order valence-corrected chi connectivity index (χ2v) is 17.1. The molecular weight excluding hydrogens is 731 g/mol. The molecule has 0 aliphatic heterocycles. The van der Waals surface area contributed by atoms with Gasteiger partial charge in [0.05, 0.1) is 11.4 Å². The molecule has 0 fully saturated rings. The van der Waals surface area contributed by atoms with Crippen molar-refractivity contribution >= 4 is 48.6 Å². The van der Waals surface area contributed by atoms with Crippen LogP contribution in [0, 0.1) is 0 Å². The second kappa shape index (κ2) is 14.1. The molecule has 1 heterocycles. The van der Waals surface area contributed by atoms with Gasteiger partial charge in [-0.1, -0.05) is 184 Å². The fourth-order valence-corrected chi connectivity index (χ4v) is 10.6. The van der Waals surface area contributed by atoms with Crippen molar-refractivity contribution in [3.8, 4) is 55.6 Å². The second-order valence-electron chi connectivity index (χ2n) is 16.0. The molecule has 0 spiro atoms. The molecule has 9 aromatic carbocycles. The summed E-state index contributed by atoms with van der Waals surface area (Å²) in [5.74, 6) is 0. The van der Waals surface area contributed by atoms with Crippen molar-refractivity contribution in [3.63, 3.8) is 0 Å². The largest absolute Gasteiger partial charge is 0.309 e. The summed E-state index contributed by atoms with van der Waals surface area (Å²) in [6.45, 7) is 4.73. The minimum absolute atomic E-state index is 0.104. The van der Waals surface area contributed by atoms with E-state index in [1.165, 1.54) is 86.9 Å². The molecule has 11 rings (SSSR count). The molecule has 280 valence electrons. The highest BCUT2D eigenvalue weighted by Crippen LogP contribution is 2.54. The van der Waals surface area contributed by atoms with Crippen LogP contribution in [-0.4, -0.2) is 0 Å². The monoisotopic (exact) mass is 771 g/mol. The Bertz CT molecular complexity index is 3210. The topological polar surface area (TPSA) is 3.24 Å². The van der Waals surface area contributed by atoms with Gasteiger partial charge in [-0.05, 0) is 98.1 Å². The molecule has 0 bridgehead atoms. The Balaban J connectivity index is 1.16. The van der Waals surface area contributed by atoms with Crippen molar-refractivity contribution in [1.29, 1.82) is 0 Å². The van der Waals surface area contributed by atoms with E-state index >= 15 is 0 Å². The molecule has 1 nitrogen and oxygen atoms in total. The maximum Gasteiger partial charge on any atom is 0.0540 e. The smallest absolute Gasteiger partial charge is 0.0540 e. The minimum atomic E-state index is -0.104. The van der Waals surface area contributed by atoms with Gasteiger partial charge in [-0.3, -0.25) is 0 Å². The summed E-state index contributed by atoms with van der Waals surface area (Å²) >= 11 is 1.86. The number of hydrogen-bond donors (Lipinski definition) is 0. The van der Waals surface area contributed by atoms with Crippen LogP contribution in [0.5, 0.6) is 0 Å². The van der Waals surface area contributed by atoms with E-state index in [0.29, 0.717) is 0 Å². The molecule has 0 N–H and O–H groups in total. The van der Waals surface area contributed by atoms with Gasteiger partial charge in [0.15, 0.2) is 0 Å². The lowest BCUT2D eigenvalue weighted by Crippen LogP contribution is -2.15. The lowest BCUT2D eigenvalue weighted by molar-refractivity contribution is 0.660. The van der Waals surface area contributed by atoms with Gasteiger partial charge >= 0.3 is 0 Å². The van der Waals surface area contributed by atoms with Crippen LogP contribution in [0.3, 0.4) is 0 Å². The van der Waals surface area contributed by atoms with Gasteiger partial charge < -0.3 is 4.90 Å². The zero-order valence-corrected chi connectivity index (χ0v) is 33.9. The summed E-state index contributed by atoms with van der Waals surface area (Å²) in [6, 6.07) is 78.2. The molecule has 1 aliphatic carbocycles. The molecule has 1 aliphatic rings. The van der Waals surface area contributed by atoms with Crippen molar-refractivity contribution in [3.05, 3.63) is 223 Å². The van der Waals surface area contributed by atoms with Crippen molar-refractivity contribution in [2.45, 2.75) is 19.3 Å². The fraction of sp³-hybridized carbons (Fsp3) is 0.0526. The van der Waals surface area contributed by atoms with Gasteiger partial charge in [-0.15, -0.1) is 11.3 Å². The molecule has 0 unspecified atom stereocenters. The maximum atomic E-state index is 2.50. The minimum Gasteiger partial charge on any atom is -0.309 e. The van der Waals surface area contributed by atoms with Crippen LogP contribution in [0.25, 0.3) is 75.8 Å². The highest BCUT2D eigenvalue weighted by Gasteiger charge is 2.37. The van der Waals surface area contributed by atoms with Crippen LogP contribution >= 0.6 is 11.3 Å². The summed E-state index contributed by atoms with van der Waals surface area (Å²) in [5, 5.41) is 2.62. The Morgan fingerprint density at radius 1 is 0.356 bits per heavy atom. The number of thiophene rings is 1. The molecule has 0 atom stereocenters. The van der Waals surface area contributed by atoms with E-state index in [1.807, 2.05) is 11.3 Å². The average molecular weight is 772 g/mol. The van der Waals surface area contributed by atoms with Crippen LogP contribution in [0.4, 0.5) is 17.1 Å². The highest BCUT2D eigenvalue weighted by atomic mass is 32.1. The predicted octanol–water partition coefficient (Wildman–Crippen LogP) is 16.5. The summed E-state index contributed by atoms with van der Waals surface area (Å²) in [6.07, 6.45) is 0. The zero-order valence-electron chi connectivity index (χ0n) is 33.1. The van der Waals surface area contributed by atoms with E-state index in [1.54, 1.807) is 0 Å². The van der Waals surface area contributed by atoms with E-state index in [-0.39, 0.29) is 5.41 Å². The number of para-hydroxylation sites is 2. The molecular formula is C57H41NS. The molecule has 1 aromatic heterocycles. The third kappa shape index (κ3) is 5.82. The van der Waals surface area contributed by atoms with Crippen LogP contribution in [0.2, 0.25) is 0 Å². The number of fused-ring (bicyclic) bond motifs is 6. The van der Waals surface area contributed by atoms with Gasteiger partial charge in [0.1, 0.15) is 0 Å². The Morgan fingerprint density at radius 3 is 1.69 bits per heavy atom. The van der Waals surface area contributed by atoms with Gasteiger partial charge in [0.2, 0.25) is 0 Å². The number of rotatable bonds is 7. The summed E-state index contributed by atoms with van der Waals surface area (Å²) in [7, 11) is 0. The third-order valence-electron chi connectivity index (χ3n) is 12.3. The maximum absolute atomic E-state index is 2.50. The molecule has 59 heavy (non-hydrogen) atoms. The fourth-order valence-electron chi connectivity index (χ4n) is 9.50. The van der Waals surface area contributed by atoms with Crippen molar-refractivity contribution in [2.24, 2.45) is 0 Å². The van der Waals surface area contributed by atoms with E-state index in [4.69, 9.17) is 0 Å². The van der Waals surface area contributed by atoms with Crippen molar-refractivity contribution in [2.75, 3.05) is 4.90 Å². The van der Waals surface area contributed by atoms with Crippen LogP contribution in [-0.2, 0) is 5.41 Å². The zero-order chi connectivity index (χ0) is 39.5. The van der Waals surface area contributed by atoms with Crippen molar-refractivity contribution < 1.29 is 0 Å². The standard InChI is InChI=1S/C57H41NS/c1-57(2)50-29-12-8-27-48(50)56-47(28-17-30-51(56)57)45-25-10-14-32-53(45)58(52-31-13-9-24-44(52)43-23-7-6-22-42(43)38-18-4-3-5-19-38)41-21-16-20-39(36-41)40-34-35-55-49(37-40)46-26-11-15-33-54(46)59-55/h3-37H,1-2H3. The Hall–Kier alpha value is -7.00. The summed E-state index contributed by atoms with van der Waals surface area (Å²) < 4.78 is 2.63. The first-order valence-corrected chi connectivity index (χ1v) is 21.2. The predicted molar refractivity (Wildman–Crippen MR) is 253 cm³/mol. The van der Waals surface area contributed by atoms with E-state index in [2.05, 4.69) is 231 Å². The lowest BCUT2D eigenvalue weighted by atomic mass is 9.82. The van der Waals surface area contributed by atoms with Gasteiger partial charge in [0, 0.05) is 42.4 Å². The lowest BCUT2D eigenvalue weighted by Gasteiger charge is -2.31. The summed E-state index contributed by atoms with van der Waals surface area (Å²) in [4.78, 5) is 2.50. The first-order chi connectivity index (χ1) is 29.0. The highest BCUT2D eigenvalue weighted by molar-refractivity contribution is 7.25. The molecule has 0 radical (unpaired) electrons. The van der Waals surface area contributed by atoms with Crippen LogP contribution in [0.1, 0.15) is 25.0 Å². The molecule has 10 aromatic rings. The number of nitrogens with zero attached hydrogens (tertiary/aromatic N) is 1. The van der Waals surface area contributed by atoms with E-state index in [0.717, 1.165) is 17.1 Å². The normalized spacial score (nSPS) is 12.7. The number of hydrogen-bond acceptors (Lipinski definition) is 2. The van der Waals surface area contributed by atoms with Crippen LogP contribution in [0.15, 0.2) is 212 Å². The summed E-state index contributed by atoms with van der Waals surface area (Å²) in [5.41, 5.74) is 18.2. The van der Waals surface area contributed by atoms with Crippen LogP contribution < -0.4 is 4.90 Å². The van der Waals surface area contributed by atoms with E-state index < -0.39 is 0 Å². The SMILES string of the molecule is CC1(C)c2ccccc2-c2c(-c3ccccc3N(c3cccc(-c4ccc5sc6ccccc6c5c4)c3)c3ccccc3-c3ccccc3-c3ccccc3)cccc21. The third-order valence-corrected chi connectivity index (χ3v) is 13.5. The van der Waals surface area contributed by atoms with Gasteiger partial charge in [-0.25, -0.2) is 0 Å². The van der Waals surface area contributed by atoms with Gasteiger partial charge in [0.25, 0.3) is 0 Å². The molecule has 0 saturated carbocycles. The van der Waals surface area contributed by atoms with Gasteiger partial charge in [-0.2, -0.15) is 0 Å². The van der Waals surface area contributed by atoms with Crippen molar-refractivity contribution in [1.82, 2.24) is 0 Å². The molecule has 0 amide bonds. The first kappa shape index (κ1) is 35.2.